The monoisotopic (exact) mass is 429 g/mol. The van der Waals surface area contributed by atoms with Crippen LogP contribution >= 0.6 is 0 Å². The molecule has 0 amide bonds. The molecule has 2 aromatic carbocycles. The lowest BCUT2D eigenvalue weighted by atomic mass is 9.93. The lowest BCUT2D eigenvalue weighted by Crippen LogP contribution is -2.32. The number of rotatable bonds is 7. The van der Waals surface area contributed by atoms with E-state index in [9.17, 15) is 18.0 Å². The summed E-state index contributed by atoms with van der Waals surface area (Å²) in [5.74, 6) is 0.449. The molecule has 0 aliphatic rings. The molecular weight excluding hydrogens is 402 g/mol. The van der Waals surface area contributed by atoms with Gasteiger partial charge in [-0.05, 0) is 47.6 Å². The zero-order valence-corrected chi connectivity index (χ0v) is 18.3. The summed E-state index contributed by atoms with van der Waals surface area (Å²) in [6.45, 7) is 8.19. The van der Waals surface area contributed by atoms with Gasteiger partial charge in [-0.3, -0.25) is 9.78 Å². The van der Waals surface area contributed by atoms with Crippen LogP contribution < -0.4 is 16.0 Å². The SMILES string of the molecule is CCC(C)c1ccc(C(NS(=O)(=O)c2ccc3[nH]c(=O)[nH]c(=O)c3c2)C(C)C)cc1. The Morgan fingerprint density at radius 3 is 2.17 bits per heavy atom. The van der Waals surface area contributed by atoms with Gasteiger partial charge < -0.3 is 4.98 Å². The predicted molar refractivity (Wildman–Crippen MR) is 118 cm³/mol. The van der Waals surface area contributed by atoms with E-state index in [1.54, 1.807) is 0 Å². The van der Waals surface area contributed by atoms with Crippen LogP contribution in [0.1, 0.15) is 57.2 Å². The van der Waals surface area contributed by atoms with Gasteiger partial charge in [-0.25, -0.2) is 17.9 Å². The molecule has 1 aromatic heterocycles. The Balaban J connectivity index is 1.96. The van der Waals surface area contributed by atoms with Crippen LogP contribution in [0.15, 0.2) is 56.9 Å². The van der Waals surface area contributed by atoms with E-state index in [0.29, 0.717) is 5.92 Å². The second-order valence-corrected chi connectivity index (χ2v) is 9.65. The maximum atomic E-state index is 13.1. The van der Waals surface area contributed by atoms with E-state index in [0.717, 1.165) is 12.0 Å². The molecule has 0 aliphatic carbocycles. The average molecular weight is 430 g/mol. The van der Waals surface area contributed by atoms with Crippen LogP contribution in [0.4, 0.5) is 0 Å². The van der Waals surface area contributed by atoms with Gasteiger partial charge >= 0.3 is 5.69 Å². The first kappa shape index (κ1) is 22.0. The van der Waals surface area contributed by atoms with E-state index in [2.05, 4.69) is 28.5 Å². The average Bonchev–Trinajstić information content (AvgIpc) is 2.71. The van der Waals surface area contributed by atoms with Gasteiger partial charge in [-0.1, -0.05) is 52.0 Å². The molecule has 0 radical (unpaired) electrons. The third-order valence-electron chi connectivity index (χ3n) is 5.45. The van der Waals surface area contributed by atoms with Crippen molar-refractivity contribution < 1.29 is 8.42 Å². The van der Waals surface area contributed by atoms with Crippen LogP contribution in [-0.2, 0) is 10.0 Å². The molecule has 0 spiro atoms. The number of fused-ring (bicyclic) bond motifs is 1. The molecular formula is C22H27N3O4S. The maximum Gasteiger partial charge on any atom is 0.326 e. The van der Waals surface area contributed by atoms with Crippen molar-refractivity contribution in [2.75, 3.05) is 0 Å². The number of aromatic amines is 2. The van der Waals surface area contributed by atoms with Gasteiger partial charge in [-0.2, -0.15) is 0 Å². The fourth-order valence-electron chi connectivity index (χ4n) is 3.40. The maximum absolute atomic E-state index is 13.1. The minimum atomic E-state index is -3.90. The molecule has 1 heterocycles. The smallest absolute Gasteiger partial charge is 0.307 e. The fourth-order valence-corrected chi connectivity index (χ4v) is 4.80. The van der Waals surface area contributed by atoms with E-state index in [1.807, 2.05) is 38.1 Å². The van der Waals surface area contributed by atoms with Gasteiger partial charge in [0.05, 0.1) is 15.8 Å². The summed E-state index contributed by atoms with van der Waals surface area (Å²) < 4.78 is 28.9. The van der Waals surface area contributed by atoms with Crippen LogP contribution in [0.25, 0.3) is 10.9 Å². The van der Waals surface area contributed by atoms with Gasteiger partial charge in [-0.15, -0.1) is 0 Å². The molecule has 2 atom stereocenters. The number of hydrogen-bond acceptors (Lipinski definition) is 4. The minimum Gasteiger partial charge on any atom is -0.307 e. The molecule has 160 valence electrons. The van der Waals surface area contributed by atoms with E-state index in [-0.39, 0.29) is 21.7 Å². The fraction of sp³-hybridized carbons (Fsp3) is 0.364. The number of sulfonamides is 1. The second kappa shape index (κ2) is 8.57. The molecule has 7 nitrogen and oxygen atoms in total. The Morgan fingerprint density at radius 1 is 0.933 bits per heavy atom. The number of nitrogens with one attached hydrogen (secondary N) is 3. The topological polar surface area (TPSA) is 112 Å². The van der Waals surface area contributed by atoms with Crippen LogP contribution in [0.2, 0.25) is 0 Å². The summed E-state index contributed by atoms with van der Waals surface area (Å²) >= 11 is 0. The first-order chi connectivity index (χ1) is 14.1. The number of hydrogen-bond donors (Lipinski definition) is 3. The lowest BCUT2D eigenvalue weighted by molar-refractivity contribution is 0.463. The number of H-pyrrole nitrogens is 2. The Bertz CT molecular complexity index is 1260. The standard InChI is InChI=1S/C22H27N3O4S/c1-5-14(4)15-6-8-16(9-7-15)20(13(2)3)25-30(28,29)17-10-11-19-18(12-17)21(26)24-22(27)23-19/h6-14,20,25H,5H2,1-4H3,(H2,23,24,26,27). The Labute approximate surface area is 175 Å². The Kier molecular flexibility index (Phi) is 6.28. The highest BCUT2D eigenvalue weighted by atomic mass is 32.2. The summed E-state index contributed by atoms with van der Waals surface area (Å²) in [4.78, 5) is 28.0. The zero-order chi connectivity index (χ0) is 22.1. The van der Waals surface area contributed by atoms with Crippen molar-refractivity contribution in [2.45, 2.75) is 51.0 Å². The predicted octanol–water partition coefficient (Wildman–Crippen LogP) is 3.41. The molecule has 0 fully saturated rings. The third-order valence-corrected chi connectivity index (χ3v) is 6.89. The van der Waals surface area contributed by atoms with Crippen molar-refractivity contribution >= 4 is 20.9 Å². The van der Waals surface area contributed by atoms with E-state index >= 15 is 0 Å². The van der Waals surface area contributed by atoms with Crippen LogP contribution in [0.5, 0.6) is 0 Å². The zero-order valence-electron chi connectivity index (χ0n) is 17.5. The molecule has 0 bridgehead atoms. The highest BCUT2D eigenvalue weighted by Gasteiger charge is 2.24. The first-order valence-corrected chi connectivity index (χ1v) is 11.5. The molecule has 8 heteroatoms. The molecule has 30 heavy (non-hydrogen) atoms. The Hall–Kier alpha value is -2.71. The molecule has 0 saturated carbocycles. The minimum absolute atomic E-state index is 0.00874. The van der Waals surface area contributed by atoms with Gasteiger partial charge in [0.2, 0.25) is 10.0 Å². The van der Waals surface area contributed by atoms with Crippen molar-refractivity contribution in [1.82, 2.24) is 14.7 Å². The van der Waals surface area contributed by atoms with Crippen LogP contribution in [0.3, 0.4) is 0 Å². The van der Waals surface area contributed by atoms with Crippen LogP contribution in [0, 0.1) is 5.92 Å². The van der Waals surface area contributed by atoms with Gasteiger partial charge in [0, 0.05) is 6.04 Å². The Morgan fingerprint density at radius 2 is 1.57 bits per heavy atom. The number of benzene rings is 2. The normalized spacial score (nSPS) is 14.2. The summed E-state index contributed by atoms with van der Waals surface area (Å²) in [6, 6.07) is 11.7. The van der Waals surface area contributed by atoms with E-state index in [1.165, 1.54) is 23.8 Å². The summed E-state index contributed by atoms with van der Waals surface area (Å²) in [5, 5.41) is 0.108. The van der Waals surface area contributed by atoms with Crippen molar-refractivity contribution in [3.63, 3.8) is 0 Å². The molecule has 0 aliphatic heterocycles. The highest BCUT2D eigenvalue weighted by molar-refractivity contribution is 7.89. The van der Waals surface area contributed by atoms with Crippen molar-refractivity contribution in [2.24, 2.45) is 5.92 Å². The molecule has 0 saturated heterocycles. The van der Waals surface area contributed by atoms with E-state index < -0.39 is 27.3 Å². The van der Waals surface area contributed by atoms with Crippen molar-refractivity contribution in [1.29, 1.82) is 0 Å². The summed E-state index contributed by atoms with van der Waals surface area (Å²) in [5.41, 5.74) is 1.11. The molecule has 3 N–H and O–H groups in total. The molecule has 3 rings (SSSR count). The number of aromatic nitrogens is 2. The van der Waals surface area contributed by atoms with Crippen molar-refractivity contribution in [3.05, 3.63) is 74.4 Å². The summed E-state index contributed by atoms with van der Waals surface area (Å²) in [6.07, 6.45) is 1.03. The second-order valence-electron chi connectivity index (χ2n) is 7.93. The van der Waals surface area contributed by atoms with Crippen LogP contribution in [-0.4, -0.2) is 18.4 Å². The summed E-state index contributed by atoms with van der Waals surface area (Å²) in [7, 11) is -3.90. The molecule has 3 aromatic rings. The van der Waals surface area contributed by atoms with E-state index in [4.69, 9.17) is 0 Å². The highest BCUT2D eigenvalue weighted by Crippen LogP contribution is 2.27. The van der Waals surface area contributed by atoms with Gasteiger partial charge in [0.15, 0.2) is 0 Å². The largest absolute Gasteiger partial charge is 0.326 e. The quantitative estimate of drug-likeness (QED) is 0.534. The van der Waals surface area contributed by atoms with Gasteiger partial charge in [0.25, 0.3) is 5.56 Å². The van der Waals surface area contributed by atoms with Gasteiger partial charge in [0.1, 0.15) is 0 Å². The third kappa shape index (κ3) is 4.55. The first-order valence-electron chi connectivity index (χ1n) is 10.0. The molecule has 2 unspecified atom stereocenters. The van der Waals surface area contributed by atoms with Crippen molar-refractivity contribution in [3.8, 4) is 0 Å². The lowest BCUT2D eigenvalue weighted by Gasteiger charge is -2.23.